The Morgan fingerprint density at radius 2 is 2.25 bits per heavy atom. The van der Waals surface area contributed by atoms with E-state index in [1.54, 1.807) is 0 Å². The summed E-state index contributed by atoms with van der Waals surface area (Å²) in [5, 5.41) is 12.1. The lowest BCUT2D eigenvalue weighted by atomic mass is 9.63. The third kappa shape index (κ3) is 1.92. The Kier molecular flexibility index (Phi) is 2.90. The van der Waals surface area contributed by atoms with E-state index in [2.05, 4.69) is 30.3 Å². The van der Waals surface area contributed by atoms with E-state index in [9.17, 15) is 4.79 Å². The summed E-state index contributed by atoms with van der Waals surface area (Å²) in [5.74, 6) is 0.463. The highest BCUT2D eigenvalue weighted by Crippen LogP contribution is 2.45. The molecule has 1 amide bonds. The Morgan fingerprint density at radius 1 is 1.56 bits per heavy atom. The summed E-state index contributed by atoms with van der Waals surface area (Å²) in [6.07, 6.45) is 2.44. The first kappa shape index (κ1) is 11.4. The van der Waals surface area contributed by atoms with Crippen molar-refractivity contribution in [3.8, 4) is 6.07 Å². The van der Waals surface area contributed by atoms with Gasteiger partial charge in [-0.15, -0.1) is 0 Å². The molecule has 0 spiro atoms. The van der Waals surface area contributed by atoms with E-state index in [-0.39, 0.29) is 11.9 Å². The van der Waals surface area contributed by atoms with Gasteiger partial charge in [0.25, 0.3) is 0 Å². The van der Waals surface area contributed by atoms with Crippen LogP contribution in [0.4, 0.5) is 0 Å². The Bertz CT molecular complexity index is 328. The normalized spacial score (nSPS) is 38.8. The van der Waals surface area contributed by atoms with Gasteiger partial charge in [0.15, 0.2) is 0 Å². The highest BCUT2D eigenvalue weighted by Gasteiger charge is 2.49. The highest BCUT2D eigenvalue weighted by atomic mass is 16.2. The number of likely N-dealkylation sites (N-methyl/N-ethyl adjacent to an activating group) is 1. The molecule has 1 aliphatic carbocycles. The maximum atomic E-state index is 12.0. The second kappa shape index (κ2) is 4.06. The minimum atomic E-state index is -0.722. The lowest BCUT2D eigenvalue weighted by Gasteiger charge is -2.39. The molecular weight excluding hydrogens is 202 g/mol. The first-order valence-electron chi connectivity index (χ1n) is 5.96. The van der Waals surface area contributed by atoms with Crippen molar-refractivity contribution in [2.45, 2.75) is 32.2 Å². The number of hydrogen-bond acceptors (Lipinski definition) is 3. The van der Waals surface area contributed by atoms with Crippen LogP contribution in [-0.2, 0) is 4.79 Å². The van der Waals surface area contributed by atoms with Crippen molar-refractivity contribution in [2.75, 3.05) is 20.1 Å². The summed E-state index contributed by atoms with van der Waals surface area (Å²) in [6, 6.07) is 2.44. The predicted octanol–water partition coefficient (Wildman–Crippen LogP) is 0.747. The van der Waals surface area contributed by atoms with Crippen molar-refractivity contribution in [2.24, 2.45) is 11.3 Å². The largest absolute Gasteiger partial charge is 0.351 e. The number of amides is 1. The van der Waals surface area contributed by atoms with Crippen LogP contribution in [0.25, 0.3) is 0 Å². The van der Waals surface area contributed by atoms with Gasteiger partial charge in [-0.25, -0.2) is 0 Å². The zero-order valence-electron chi connectivity index (χ0n) is 9.99. The third-order valence-corrected chi connectivity index (χ3v) is 3.77. The second-order valence-electron chi connectivity index (χ2n) is 5.43. The number of nitriles is 1. The van der Waals surface area contributed by atoms with Crippen LogP contribution in [0.1, 0.15) is 26.2 Å². The highest BCUT2D eigenvalue weighted by molar-refractivity contribution is 5.86. The molecule has 0 aromatic carbocycles. The fourth-order valence-electron chi connectivity index (χ4n) is 2.83. The number of nitrogens with one attached hydrogen (secondary N) is 1. The van der Waals surface area contributed by atoms with Crippen LogP contribution < -0.4 is 5.32 Å². The number of likely N-dealkylation sites (tertiary alicyclic amines) is 1. The maximum Gasteiger partial charge on any atom is 0.240 e. The summed E-state index contributed by atoms with van der Waals surface area (Å²) >= 11 is 0. The number of carbonyl (C=O) groups is 1. The van der Waals surface area contributed by atoms with Gasteiger partial charge in [0.2, 0.25) is 5.91 Å². The Hall–Kier alpha value is -1.08. The average molecular weight is 221 g/mol. The molecule has 16 heavy (non-hydrogen) atoms. The third-order valence-electron chi connectivity index (χ3n) is 3.77. The second-order valence-corrected chi connectivity index (χ2v) is 5.43. The van der Waals surface area contributed by atoms with Gasteiger partial charge in [0.05, 0.1) is 6.07 Å². The molecule has 0 aromatic heterocycles. The molecule has 1 heterocycles. The van der Waals surface area contributed by atoms with Crippen molar-refractivity contribution in [3.05, 3.63) is 0 Å². The van der Waals surface area contributed by atoms with E-state index in [0.29, 0.717) is 5.92 Å². The Balaban J connectivity index is 1.91. The first-order valence-corrected chi connectivity index (χ1v) is 5.96. The topological polar surface area (TPSA) is 56.1 Å². The molecule has 1 N–H and O–H groups in total. The summed E-state index contributed by atoms with van der Waals surface area (Å²) in [4.78, 5) is 14.2. The van der Waals surface area contributed by atoms with Crippen LogP contribution in [0.5, 0.6) is 0 Å². The zero-order chi connectivity index (χ0) is 11.8. The van der Waals surface area contributed by atoms with Crippen molar-refractivity contribution in [1.82, 2.24) is 10.2 Å². The van der Waals surface area contributed by atoms with Crippen LogP contribution >= 0.6 is 0 Å². The fourth-order valence-corrected chi connectivity index (χ4v) is 2.83. The van der Waals surface area contributed by atoms with Crippen molar-refractivity contribution < 1.29 is 4.79 Å². The quantitative estimate of drug-likeness (QED) is 0.748. The van der Waals surface area contributed by atoms with Crippen LogP contribution in [0.2, 0.25) is 0 Å². The number of hydrogen-bond donors (Lipinski definition) is 1. The van der Waals surface area contributed by atoms with Crippen molar-refractivity contribution in [3.63, 3.8) is 0 Å². The molecule has 1 saturated heterocycles. The van der Waals surface area contributed by atoms with Crippen molar-refractivity contribution >= 4 is 5.91 Å². The predicted molar refractivity (Wildman–Crippen MR) is 60.5 cm³/mol. The zero-order valence-corrected chi connectivity index (χ0v) is 9.99. The number of carbonyl (C=O) groups excluding carboxylic acids is 1. The fraction of sp³-hybridized carbons (Fsp3) is 0.833. The van der Waals surface area contributed by atoms with Crippen LogP contribution in [-0.4, -0.2) is 37.0 Å². The lowest BCUT2D eigenvalue weighted by Crippen LogP contribution is -2.51. The minimum absolute atomic E-state index is 0.0478. The first-order chi connectivity index (χ1) is 7.55. The van der Waals surface area contributed by atoms with Gasteiger partial charge in [-0.1, -0.05) is 6.92 Å². The van der Waals surface area contributed by atoms with Crippen LogP contribution in [0.3, 0.4) is 0 Å². The number of nitrogens with zero attached hydrogens (tertiary/aromatic N) is 2. The summed E-state index contributed by atoms with van der Waals surface area (Å²) in [7, 11) is 2.05. The van der Waals surface area contributed by atoms with E-state index in [1.165, 1.54) is 0 Å². The molecule has 4 nitrogen and oxygen atoms in total. The van der Waals surface area contributed by atoms with Crippen LogP contribution in [0, 0.1) is 22.7 Å². The maximum absolute atomic E-state index is 12.0. The van der Waals surface area contributed by atoms with E-state index < -0.39 is 5.41 Å². The summed E-state index contributed by atoms with van der Waals surface area (Å²) in [6.45, 7) is 4.02. The molecule has 0 radical (unpaired) electrons. The average Bonchev–Trinajstić information content (AvgIpc) is 2.58. The van der Waals surface area contributed by atoms with Gasteiger partial charge < -0.3 is 10.2 Å². The lowest BCUT2D eigenvalue weighted by molar-refractivity contribution is -0.134. The van der Waals surface area contributed by atoms with Crippen molar-refractivity contribution in [1.29, 1.82) is 5.26 Å². The molecule has 4 heteroatoms. The SMILES string of the molecule is CC1CC(C#N)(C(=O)NC2CCN(C)C2)C1. The van der Waals surface area contributed by atoms with Gasteiger partial charge in [0, 0.05) is 12.6 Å². The molecule has 1 saturated carbocycles. The molecule has 1 aliphatic heterocycles. The summed E-state index contributed by atoms with van der Waals surface area (Å²) < 4.78 is 0. The molecule has 2 fully saturated rings. The molecule has 1 unspecified atom stereocenters. The van der Waals surface area contributed by atoms with Gasteiger partial charge in [-0.3, -0.25) is 4.79 Å². The van der Waals surface area contributed by atoms with E-state index in [0.717, 1.165) is 32.4 Å². The van der Waals surface area contributed by atoms with E-state index in [4.69, 9.17) is 5.26 Å². The molecule has 2 aliphatic rings. The Labute approximate surface area is 96.6 Å². The molecule has 0 aromatic rings. The van der Waals surface area contributed by atoms with Crippen LogP contribution in [0.15, 0.2) is 0 Å². The minimum Gasteiger partial charge on any atom is -0.351 e. The molecular formula is C12H19N3O. The van der Waals surface area contributed by atoms with Gasteiger partial charge in [-0.05, 0) is 38.8 Å². The molecule has 1 atom stereocenters. The van der Waals surface area contributed by atoms with Gasteiger partial charge in [0.1, 0.15) is 5.41 Å². The Morgan fingerprint density at radius 3 is 2.69 bits per heavy atom. The molecule has 2 rings (SSSR count). The van der Waals surface area contributed by atoms with E-state index in [1.807, 2.05) is 0 Å². The van der Waals surface area contributed by atoms with Gasteiger partial charge in [-0.2, -0.15) is 5.26 Å². The van der Waals surface area contributed by atoms with E-state index >= 15 is 0 Å². The van der Waals surface area contributed by atoms with Gasteiger partial charge >= 0.3 is 0 Å². The monoisotopic (exact) mass is 221 g/mol. The smallest absolute Gasteiger partial charge is 0.240 e. The summed E-state index contributed by atoms with van der Waals surface area (Å²) in [5.41, 5.74) is -0.722. The molecule has 0 bridgehead atoms. The molecule has 88 valence electrons. The standard InChI is InChI=1S/C12H19N3O/c1-9-5-12(6-9,8-13)11(16)14-10-3-4-15(2)7-10/h9-10H,3-7H2,1-2H3,(H,14,16). The number of rotatable bonds is 2.